The van der Waals surface area contributed by atoms with E-state index in [2.05, 4.69) is 77.9 Å². The number of hydrogen-bond donors (Lipinski definition) is 1. The highest BCUT2D eigenvalue weighted by Gasteiger charge is 2.25. The largest absolute Gasteiger partial charge is 0.310 e. The Morgan fingerprint density at radius 3 is 2.33 bits per heavy atom. The van der Waals surface area contributed by atoms with Gasteiger partial charge in [0.05, 0.1) is 3.79 Å². The Labute approximate surface area is 132 Å². The number of hydrogen-bond acceptors (Lipinski definition) is 2. The molecular weight excluding hydrogens is 374 g/mol. The van der Waals surface area contributed by atoms with E-state index in [1.165, 1.54) is 15.1 Å². The van der Waals surface area contributed by atoms with Gasteiger partial charge >= 0.3 is 0 Å². The first kappa shape index (κ1) is 16.7. The highest BCUT2D eigenvalue weighted by atomic mass is 79.9. The lowest BCUT2D eigenvalue weighted by molar-refractivity contribution is 0.225. The Morgan fingerprint density at radius 1 is 1.33 bits per heavy atom. The second-order valence-corrected chi connectivity index (χ2v) is 9.14. The Bertz CT molecular complexity index is 362. The van der Waals surface area contributed by atoms with Crippen molar-refractivity contribution in [2.24, 2.45) is 11.3 Å². The molecule has 4 heteroatoms. The summed E-state index contributed by atoms with van der Waals surface area (Å²) >= 11 is 8.98. The molecule has 2 atom stereocenters. The third-order valence-electron chi connectivity index (χ3n) is 3.53. The van der Waals surface area contributed by atoms with E-state index in [1.54, 1.807) is 0 Å². The zero-order chi connectivity index (χ0) is 13.9. The van der Waals surface area contributed by atoms with E-state index in [0.29, 0.717) is 17.4 Å². The van der Waals surface area contributed by atoms with Crippen molar-refractivity contribution in [2.75, 3.05) is 6.54 Å². The van der Waals surface area contributed by atoms with E-state index < -0.39 is 0 Å². The standard InChI is InChI=1S/C14H23Br2NS/c1-6-17-11(7-9(2)14(3,4)5)12-8-10(15)13(16)18-12/h8-9,11,17H,6-7H2,1-5H3. The van der Waals surface area contributed by atoms with E-state index in [0.717, 1.165) is 11.0 Å². The summed E-state index contributed by atoms with van der Waals surface area (Å²) < 4.78 is 2.35. The van der Waals surface area contributed by atoms with Crippen LogP contribution in [0.25, 0.3) is 0 Å². The van der Waals surface area contributed by atoms with E-state index >= 15 is 0 Å². The quantitative estimate of drug-likeness (QED) is 0.643. The van der Waals surface area contributed by atoms with Gasteiger partial charge < -0.3 is 5.32 Å². The molecule has 0 aromatic carbocycles. The zero-order valence-corrected chi connectivity index (χ0v) is 15.8. The van der Waals surface area contributed by atoms with Crippen molar-refractivity contribution in [3.8, 4) is 0 Å². The van der Waals surface area contributed by atoms with E-state index in [-0.39, 0.29) is 0 Å². The van der Waals surface area contributed by atoms with Gasteiger partial charge in [-0.2, -0.15) is 0 Å². The van der Waals surface area contributed by atoms with Crippen molar-refractivity contribution in [1.29, 1.82) is 0 Å². The Hall–Kier alpha value is 0.620. The lowest BCUT2D eigenvalue weighted by atomic mass is 9.78. The van der Waals surface area contributed by atoms with Gasteiger partial charge in [-0.3, -0.25) is 0 Å². The van der Waals surface area contributed by atoms with Crippen molar-refractivity contribution in [2.45, 2.75) is 47.1 Å². The molecule has 1 nitrogen and oxygen atoms in total. The molecule has 0 spiro atoms. The molecule has 0 radical (unpaired) electrons. The first-order valence-corrected chi connectivity index (χ1v) is 8.84. The first-order chi connectivity index (χ1) is 8.25. The summed E-state index contributed by atoms with van der Waals surface area (Å²) in [5.41, 5.74) is 0.361. The molecule has 104 valence electrons. The van der Waals surface area contributed by atoms with Crippen LogP contribution in [-0.2, 0) is 0 Å². The fraction of sp³-hybridized carbons (Fsp3) is 0.714. The van der Waals surface area contributed by atoms with Crippen molar-refractivity contribution < 1.29 is 0 Å². The van der Waals surface area contributed by atoms with Crippen molar-refractivity contribution in [1.82, 2.24) is 5.32 Å². The molecule has 0 saturated heterocycles. The topological polar surface area (TPSA) is 12.0 Å². The predicted octanol–water partition coefficient (Wildman–Crippen LogP) is 6.00. The van der Waals surface area contributed by atoms with Gasteiger partial charge in [0.25, 0.3) is 0 Å². The number of nitrogens with one attached hydrogen (secondary N) is 1. The average Bonchev–Trinajstić information content (AvgIpc) is 2.57. The monoisotopic (exact) mass is 395 g/mol. The molecule has 1 rings (SSSR count). The maximum Gasteiger partial charge on any atom is 0.0843 e. The van der Waals surface area contributed by atoms with E-state index in [9.17, 15) is 0 Å². The van der Waals surface area contributed by atoms with Crippen LogP contribution in [-0.4, -0.2) is 6.54 Å². The van der Waals surface area contributed by atoms with Crippen LogP contribution >= 0.6 is 43.2 Å². The Balaban J connectivity index is 2.83. The van der Waals surface area contributed by atoms with Gasteiger partial charge in [0.15, 0.2) is 0 Å². The molecule has 1 heterocycles. The predicted molar refractivity (Wildman–Crippen MR) is 89.4 cm³/mol. The first-order valence-electron chi connectivity index (χ1n) is 6.43. The van der Waals surface area contributed by atoms with Gasteiger partial charge in [0, 0.05) is 15.4 Å². The second-order valence-electron chi connectivity index (χ2n) is 5.88. The SMILES string of the molecule is CCNC(CC(C)C(C)(C)C)c1cc(Br)c(Br)s1. The van der Waals surface area contributed by atoms with Gasteiger partial charge in [-0.1, -0.05) is 34.6 Å². The van der Waals surface area contributed by atoms with E-state index in [4.69, 9.17) is 0 Å². The molecule has 0 fully saturated rings. The van der Waals surface area contributed by atoms with Crippen LogP contribution < -0.4 is 5.32 Å². The minimum atomic E-state index is 0.361. The summed E-state index contributed by atoms with van der Waals surface area (Å²) in [5.74, 6) is 0.682. The number of thiophene rings is 1. The molecule has 1 aromatic rings. The van der Waals surface area contributed by atoms with Crippen LogP contribution in [0.3, 0.4) is 0 Å². The third-order valence-corrected chi connectivity index (χ3v) is 6.90. The Kier molecular flexibility index (Phi) is 6.36. The number of halogens is 2. The highest BCUT2D eigenvalue weighted by Crippen LogP contribution is 2.39. The smallest absolute Gasteiger partial charge is 0.0843 e. The van der Waals surface area contributed by atoms with E-state index in [1.807, 2.05) is 11.3 Å². The molecule has 1 aromatic heterocycles. The third kappa shape index (κ3) is 4.62. The molecule has 18 heavy (non-hydrogen) atoms. The summed E-state index contributed by atoms with van der Waals surface area (Å²) in [5, 5.41) is 3.61. The summed E-state index contributed by atoms with van der Waals surface area (Å²) in [6.07, 6.45) is 1.18. The minimum absolute atomic E-state index is 0.361. The fourth-order valence-electron chi connectivity index (χ4n) is 1.79. The van der Waals surface area contributed by atoms with Gasteiger partial charge in [0.1, 0.15) is 0 Å². The summed E-state index contributed by atoms with van der Waals surface area (Å²) in [4.78, 5) is 1.41. The molecule has 0 aliphatic heterocycles. The highest BCUT2D eigenvalue weighted by molar-refractivity contribution is 9.13. The average molecular weight is 397 g/mol. The van der Waals surface area contributed by atoms with Crippen molar-refractivity contribution in [3.63, 3.8) is 0 Å². The van der Waals surface area contributed by atoms with Gasteiger partial charge in [-0.25, -0.2) is 0 Å². The summed E-state index contributed by atoms with van der Waals surface area (Å²) in [6.45, 7) is 12.5. The number of rotatable bonds is 5. The zero-order valence-electron chi connectivity index (χ0n) is 11.8. The maximum absolute atomic E-state index is 3.61. The molecule has 0 bridgehead atoms. The van der Waals surface area contributed by atoms with Crippen LogP contribution in [0, 0.1) is 11.3 Å². The van der Waals surface area contributed by atoms with Crippen LogP contribution in [0.2, 0.25) is 0 Å². The van der Waals surface area contributed by atoms with Crippen LogP contribution in [0.4, 0.5) is 0 Å². The van der Waals surface area contributed by atoms with Gasteiger partial charge in [0.2, 0.25) is 0 Å². The normalized spacial score (nSPS) is 15.7. The maximum atomic E-state index is 3.61. The molecule has 2 unspecified atom stereocenters. The summed E-state index contributed by atoms with van der Waals surface area (Å²) in [7, 11) is 0. The van der Waals surface area contributed by atoms with Crippen LogP contribution in [0.15, 0.2) is 14.3 Å². The van der Waals surface area contributed by atoms with Gasteiger partial charge in [-0.05, 0) is 62.2 Å². The molecule has 0 aliphatic carbocycles. The molecule has 0 amide bonds. The molecule has 0 aliphatic rings. The van der Waals surface area contributed by atoms with Crippen molar-refractivity contribution >= 4 is 43.2 Å². The van der Waals surface area contributed by atoms with Gasteiger partial charge in [-0.15, -0.1) is 11.3 Å². The fourth-order valence-corrected chi connectivity index (χ4v) is 3.97. The molecular formula is C14H23Br2NS. The Morgan fingerprint density at radius 2 is 1.94 bits per heavy atom. The minimum Gasteiger partial charge on any atom is -0.310 e. The molecule has 1 N–H and O–H groups in total. The van der Waals surface area contributed by atoms with Crippen molar-refractivity contribution in [3.05, 3.63) is 19.2 Å². The lowest BCUT2D eigenvalue weighted by Crippen LogP contribution is -2.26. The molecule has 0 saturated carbocycles. The van der Waals surface area contributed by atoms with Crippen LogP contribution in [0.1, 0.15) is 52.0 Å². The second kappa shape index (κ2) is 6.87. The van der Waals surface area contributed by atoms with Crippen LogP contribution in [0.5, 0.6) is 0 Å². The lowest BCUT2D eigenvalue weighted by Gasteiger charge is -2.30. The summed E-state index contributed by atoms with van der Waals surface area (Å²) in [6, 6.07) is 2.69.